The minimum Gasteiger partial charge on any atom is -0.339 e. The first-order valence-corrected chi connectivity index (χ1v) is 8.53. The van der Waals surface area contributed by atoms with E-state index in [2.05, 4.69) is 10.2 Å². The lowest BCUT2D eigenvalue weighted by atomic mass is 9.94. The molecular formula is C13H20F3N5OS. The fourth-order valence-electron chi connectivity index (χ4n) is 2.81. The Morgan fingerprint density at radius 2 is 2.00 bits per heavy atom. The molecular weight excluding hydrogens is 331 g/mol. The van der Waals surface area contributed by atoms with Crippen molar-refractivity contribution in [1.82, 2.24) is 19.8 Å². The molecule has 0 atom stereocenters. The average molecular weight is 351 g/mol. The van der Waals surface area contributed by atoms with Gasteiger partial charge in [0.15, 0.2) is 0 Å². The maximum absolute atomic E-state index is 12.6. The van der Waals surface area contributed by atoms with E-state index in [1.165, 1.54) is 6.42 Å². The lowest BCUT2D eigenvalue weighted by molar-refractivity contribution is -0.146. The zero-order chi connectivity index (χ0) is 17.0. The first kappa shape index (κ1) is 17.9. The summed E-state index contributed by atoms with van der Waals surface area (Å²) >= 11 is 0.873. The minimum atomic E-state index is -4.66. The van der Waals surface area contributed by atoms with Crippen LogP contribution in [0.4, 0.5) is 13.2 Å². The maximum atomic E-state index is 12.6. The quantitative estimate of drug-likeness (QED) is 0.650. The topological polar surface area (TPSA) is 77.0 Å². The Morgan fingerprint density at radius 1 is 1.35 bits per heavy atom. The van der Waals surface area contributed by atoms with E-state index in [0.29, 0.717) is 11.2 Å². The second-order valence-corrected chi connectivity index (χ2v) is 6.38. The van der Waals surface area contributed by atoms with Gasteiger partial charge in [-0.05, 0) is 19.8 Å². The smallest absolute Gasteiger partial charge is 0.339 e. The molecule has 23 heavy (non-hydrogen) atoms. The summed E-state index contributed by atoms with van der Waals surface area (Å²) in [7, 11) is 0. The van der Waals surface area contributed by atoms with Crippen LogP contribution in [0, 0.1) is 0 Å². The van der Waals surface area contributed by atoms with Gasteiger partial charge in [0.2, 0.25) is 11.1 Å². The molecule has 10 heteroatoms. The highest BCUT2D eigenvalue weighted by Crippen LogP contribution is 2.29. The third kappa shape index (κ3) is 4.30. The summed E-state index contributed by atoms with van der Waals surface area (Å²) in [6, 6.07) is 0.225. The van der Waals surface area contributed by atoms with E-state index in [4.69, 9.17) is 5.84 Å². The fraction of sp³-hybridized carbons (Fsp3) is 0.769. The first-order valence-electron chi connectivity index (χ1n) is 7.54. The van der Waals surface area contributed by atoms with Gasteiger partial charge in [0.05, 0.1) is 5.75 Å². The van der Waals surface area contributed by atoms with Gasteiger partial charge in [0, 0.05) is 12.6 Å². The summed E-state index contributed by atoms with van der Waals surface area (Å²) in [5.74, 6) is 3.97. The van der Waals surface area contributed by atoms with Crippen LogP contribution in [0.2, 0.25) is 0 Å². The molecule has 0 radical (unpaired) electrons. The summed E-state index contributed by atoms with van der Waals surface area (Å²) in [6.45, 7) is 2.50. The summed E-state index contributed by atoms with van der Waals surface area (Å²) in [4.78, 5) is 14.1. The number of aromatic nitrogens is 3. The van der Waals surface area contributed by atoms with Crippen molar-refractivity contribution in [1.29, 1.82) is 0 Å². The molecule has 1 saturated carbocycles. The number of nitrogen functional groups attached to an aromatic ring is 1. The largest absolute Gasteiger partial charge is 0.453 e. The van der Waals surface area contributed by atoms with E-state index in [9.17, 15) is 18.0 Å². The molecule has 0 unspecified atom stereocenters. The summed E-state index contributed by atoms with van der Waals surface area (Å²) < 4.78 is 38.2. The summed E-state index contributed by atoms with van der Waals surface area (Å²) in [6.07, 6.45) is 0.696. The maximum Gasteiger partial charge on any atom is 0.453 e. The second kappa shape index (κ2) is 7.41. The van der Waals surface area contributed by atoms with Crippen molar-refractivity contribution >= 4 is 17.7 Å². The molecule has 0 aliphatic heterocycles. The number of amides is 1. The molecule has 0 spiro atoms. The van der Waals surface area contributed by atoms with E-state index < -0.39 is 12.0 Å². The molecule has 130 valence electrons. The Labute approximate surface area is 136 Å². The number of carbonyl (C=O) groups is 1. The van der Waals surface area contributed by atoms with Gasteiger partial charge in [-0.2, -0.15) is 13.2 Å². The van der Waals surface area contributed by atoms with E-state index in [-0.39, 0.29) is 22.9 Å². The SMILES string of the molecule is CCN(C(=O)CSc1nnc(C(F)(F)F)n1N)C1CCCCC1. The fourth-order valence-corrected chi connectivity index (χ4v) is 3.55. The number of halogens is 3. The van der Waals surface area contributed by atoms with E-state index in [1.807, 2.05) is 6.92 Å². The zero-order valence-electron chi connectivity index (χ0n) is 12.8. The van der Waals surface area contributed by atoms with Crippen LogP contribution in [-0.4, -0.2) is 44.0 Å². The van der Waals surface area contributed by atoms with Crippen molar-refractivity contribution in [2.24, 2.45) is 0 Å². The van der Waals surface area contributed by atoms with Gasteiger partial charge in [-0.15, -0.1) is 10.2 Å². The van der Waals surface area contributed by atoms with Gasteiger partial charge in [-0.25, -0.2) is 4.68 Å². The molecule has 0 bridgehead atoms. The van der Waals surface area contributed by atoms with Crippen LogP contribution >= 0.6 is 11.8 Å². The van der Waals surface area contributed by atoms with E-state index >= 15 is 0 Å². The van der Waals surface area contributed by atoms with Gasteiger partial charge in [-0.3, -0.25) is 4.79 Å². The van der Waals surface area contributed by atoms with Gasteiger partial charge in [0.25, 0.3) is 5.82 Å². The van der Waals surface area contributed by atoms with Crippen LogP contribution in [0.3, 0.4) is 0 Å². The molecule has 1 aliphatic rings. The number of nitrogens with two attached hydrogens (primary N) is 1. The third-order valence-corrected chi connectivity index (χ3v) is 4.85. The average Bonchev–Trinajstić information content (AvgIpc) is 2.88. The van der Waals surface area contributed by atoms with E-state index in [0.717, 1.165) is 37.4 Å². The van der Waals surface area contributed by atoms with Crippen LogP contribution in [0.25, 0.3) is 0 Å². The number of hydrogen-bond acceptors (Lipinski definition) is 5. The Kier molecular flexibility index (Phi) is 5.77. The molecule has 1 aromatic heterocycles. The number of thioether (sulfide) groups is 1. The van der Waals surface area contributed by atoms with Crippen molar-refractivity contribution in [3.05, 3.63) is 5.82 Å². The normalized spacial score (nSPS) is 16.5. The molecule has 1 amide bonds. The zero-order valence-corrected chi connectivity index (χ0v) is 13.7. The van der Waals surface area contributed by atoms with Crippen molar-refractivity contribution in [3.8, 4) is 0 Å². The monoisotopic (exact) mass is 351 g/mol. The van der Waals surface area contributed by atoms with Gasteiger partial charge in [-0.1, -0.05) is 31.0 Å². The van der Waals surface area contributed by atoms with Crippen LogP contribution in [0.5, 0.6) is 0 Å². The molecule has 1 aliphatic carbocycles. The lowest BCUT2D eigenvalue weighted by Gasteiger charge is -2.33. The summed E-state index contributed by atoms with van der Waals surface area (Å²) in [5, 5.41) is 6.33. The van der Waals surface area contributed by atoms with Crippen molar-refractivity contribution in [2.45, 2.75) is 56.4 Å². The highest BCUT2D eigenvalue weighted by Gasteiger charge is 2.38. The standard InChI is InChI=1S/C13H20F3N5OS/c1-2-20(9-6-4-3-5-7-9)10(22)8-23-12-19-18-11(21(12)17)13(14,15)16/h9H,2-8,17H2,1H3. The second-order valence-electron chi connectivity index (χ2n) is 5.43. The Balaban J connectivity index is 1.96. The number of alkyl halides is 3. The Bertz CT molecular complexity index is 542. The highest BCUT2D eigenvalue weighted by atomic mass is 32.2. The lowest BCUT2D eigenvalue weighted by Crippen LogP contribution is -2.42. The molecule has 1 fully saturated rings. The molecule has 1 heterocycles. The number of hydrogen-bond donors (Lipinski definition) is 1. The van der Waals surface area contributed by atoms with Crippen molar-refractivity contribution < 1.29 is 18.0 Å². The number of carbonyl (C=O) groups excluding carboxylic acids is 1. The van der Waals surface area contributed by atoms with Crippen LogP contribution in [0.15, 0.2) is 5.16 Å². The van der Waals surface area contributed by atoms with Gasteiger partial charge >= 0.3 is 6.18 Å². The highest BCUT2D eigenvalue weighted by molar-refractivity contribution is 7.99. The third-order valence-electron chi connectivity index (χ3n) is 3.92. The molecule has 1 aromatic rings. The van der Waals surface area contributed by atoms with Crippen LogP contribution < -0.4 is 5.84 Å². The number of rotatable bonds is 5. The Morgan fingerprint density at radius 3 is 2.52 bits per heavy atom. The molecule has 0 saturated heterocycles. The molecule has 2 rings (SSSR count). The number of nitrogens with zero attached hydrogens (tertiary/aromatic N) is 4. The minimum absolute atomic E-state index is 0.00245. The molecule has 2 N–H and O–H groups in total. The molecule has 6 nitrogen and oxygen atoms in total. The van der Waals surface area contributed by atoms with E-state index in [1.54, 1.807) is 4.90 Å². The van der Waals surface area contributed by atoms with Crippen molar-refractivity contribution in [3.63, 3.8) is 0 Å². The summed E-state index contributed by atoms with van der Waals surface area (Å²) in [5.41, 5.74) is 0. The van der Waals surface area contributed by atoms with Crippen LogP contribution in [0.1, 0.15) is 44.9 Å². The van der Waals surface area contributed by atoms with Crippen molar-refractivity contribution in [2.75, 3.05) is 18.1 Å². The predicted molar refractivity (Wildman–Crippen MR) is 80.2 cm³/mol. The van der Waals surface area contributed by atoms with Crippen LogP contribution in [-0.2, 0) is 11.0 Å². The predicted octanol–water partition coefficient (Wildman–Crippen LogP) is 2.28. The van der Waals surface area contributed by atoms with Gasteiger partial charge in [0.1, 0.15) is 0 Å². The molecule has 0 aromatic carbocycles. The van der Waals surface area contributed by atoms with Gasteiger partial charge < -0.3 is 10.7 Å². The Hall–Kier alpha value is -1.45. The first-order chi connectivity index (χ1) is 10.8.